The molecule has 0 radical (unpaired) electrons. The number of rotatable bonds is 4. The van der Waals surface area contributed by atoms with Crippen LogP contribution in [0.3, 0.4) is 0 Å². The highest BCUT2D eigenvalue weighted by Gasteiger charge is 2.30. The first-order chi connectivity index (χ1) is 9.65. The Morgan fingerprint density at radius 3 is 2.80 bits per heavy atom. The SMILES string of the molecule is CN(CC1CCCC1)c1nc2c(s1)CCCC2C(=O)O. The maximum atomic E-state index is 11.3. The van der Waals surface area contributed by atoms with Gasteiger partial charge in [0, 0.05) is 18.5 Å². The summed E-state index contributed by atoms with van der Waals surface area (Å²) in [7, 11) is 2.10. The molecule has 20 heavy (non-hydrogen) atoms. The maximum absolute atomic E-state index is 11.3. The number of thiazole rings is 1. The van der Waals surface area contributed by atoms with Gasteiger partial charge >= 0.3 is 5.97 Å². The molecular formula is C15H22N2O2S. The Hall–Kier alpha value is -1.10. The third-order valence-corrected chi connectivity index (χ3v) is 5.82. The van der Waals surface area contributed by atoms with E-state index < -0.39 is 5.97 Å². The number of hydrogen-bond donors (Lipinski definition) is 1. The highest BCUT2D eigenvalue weighted by Crippen LogP contribution is 2.38. The monoisotopic (exact) mass is 294 g/mol. The normalized spacial score (nSPS) is 22.8. The van der Waals surface area contributed by atoms with Crippen LogP contribution in [0.25, 0.3) is 0 Å². The van der Waals surface area contributed by atoms with Crippen molar-refractivity contribution in [3.05, 3.63) is 10.6 Å². The van der Waals surface area contributed by atoms with Crippen LogP contribution < -0.4 is 4.90 Å². The standard InChI is InChI=1S/C15H22N2O2S/c1-17(9-10-5-2-3-6-10)15-16-13-11(14(18)19)7-4-8-12(13)20-15/h10-11H,2-9H2,1H3,(H,18,19). The van der Waals surface area contributed by atoms with Crippen LogP contribution in [0, 0.1) is 5.92 Å². The lowest BCUT2D eigenvalue weighted by Gasteiger charge is -2.20. The molecule has 0 amide bonds. The van der Waals surface area contributed by atoms with Crippen molar-refractivity contribution in [1.29, 1.82) is 0 Å². The minimum atomic E-state index is -0.721. The molecule has 0 bridgehead atoms. The summed E-state index contributed by atoms with van der Waals surface area (Å²) in [6.07, 6.45) is 8.06. The Morgan fingerprint density at radius 2 is 2.10 bits per heavy atom. The van der Waals surface area contributed by atoms with Gasteiger partial charge in [0.05, 0.1) is 5.69 Å². The van der Waals surface area contributed by atoms with Crippen molar-refractivity contribution in [3.63, 3.8) is 0 Å². The number of fused-ring (bicyclic) bond motifs is 1. The van der Waals surface area contributed by atoms with Crippen LogP contribution in [0.2, 0.25) is 0 Å². The van der Waals surface area contributed by atoms with Crippen molar-refractivity contribution < 1.29 is 9.90 Å². The minimum Gasteiger partial charge on any atom is -0.481 e. The molecule has 1 N–H and O–H groups in total. The molecule has 110 valence electrons. The van der Waals surface area contributed by atoms with Gasteiger partial charge in [0.25, 0.3) is 0 Å². The smallest absolute Gasteiger partial charge is 0.312 e. The van der Waals surface area contributed by atoms with Crippen molar-refractivity contribution in [2.75, 3.05) is 18.5 Å². The average molecular weight is 294 g/mol. The number of carbonyl (C=O) groups is 1. The maximum Gasteiger partial charge on any atom is 0.312 e. The Morgan fingerprint density at radius 1 is 1.35 bits per heavy atom. The van der Waals surface area contributed by atoms with E-state index in [1.54, 1.807) is 11.3 Å². The lowest BCUT2D eigenvalue weighted by molar-refractivity contribution is -0.139. The lowest BCUT2D eigenvalue weighted by Crippen LogP contribution is -2.24. The van der Waals surface area contributed by atoms with E-state index in [-0.39, 0.29) is 5.92 Å². The van der Waals surface area contributed by atoms with Gasteiger partial charge in [0.2, 0.25) is 0 Å². The van der Waals surface area contributed by atoms with Gasteiger partial charge in [0.1, 0.15) is 5.92 Å². The summed E-state index contributed by atoms with van der Waals surface area (Å²) < 4.78 is 0. The first-order valence-corrected chi connectivity index (χ1v) is 8.40. The fourth-order valence-electron chi connectivity index (χ4n) is 3.47. The van der Waals surface area contributed by atoms with E-state index >= 15 is 0 Å². The Bertz CT molecular complexity index is 494. The predicted octanol–water partition coefficient (Wildman–Crippen LogP) is 3.27. The molecule has 1 saturated carbocycles. The summed E-state index contributed by atoms with van der Waals surface area (Å²) >= 11 is 1.70. The van der Waals surface area contributed by atoms with Gasteiger partial charge in [-0.05, 0) is 38.0 Å². The zero-order valence-corrected chi connectivity index (χ0v) is 12.8. The highest BCUT2D eigenvalue weighted by atomic mass is 32.1. The molecule has 0 spiro atoms. The highest BCUT2D eigenvalue weighted by molar-refractivity contribution is 7.15. The van der Waals surface area contributed by atoms with Gasteiger partial charge < -0.3 is 10.0 Å². The summed E-state index contributed by atoms with van der Waals surface area (Å²) in [4.78, 5) is 19.4. The molecule has 1 heterocycles. The van der Waals surface area contributed by atoms with Gasteiger partial charge in [-0.3, -0.25) is 4.79 Å². The van der Waals surface area contributed by atoms with Crippen LogP contribution in [0.4, 0.5) is 5.13 Å². The number of anilines is 1. The number of carboxylic acid groups (broad SMARTS) is 1. The number of carboxylic acids is 1. The number of aromatic nitrogens is 1. The number of aryl methyl sites for hydroxylation is 1. The molecule has 0 saturated heterocycles. The van der Waals surface area contributed by atoms with Gasteiger partial charge in [-0.15, -0.1) is 11.3 Å². The fraction of sp³-hybridized carbons (Fsp3) is 0.733. The van der Waals surface area contributed by atoms with E-state index in [1.165, 1.54) is 30.6 Å². The second-order valence-electron chi connectivity index (χ2n) is 6.12. The fourth-order valence-corrected chi connectivity index (χ4v) is 4.60. The molecule has 0 aliphatic heterocycles. The quantitative estimate of drug-likeness (QED) is 0.926. The third kappa shape index (κ3) is 2.68. The number of hydrogen-bond acceptors (Lipinski definition) is 4. The van der Waals surface area contributed by atoms with Crippen LogP contribution in [0.5, 0.6) is 0 Å². The van der Waals surface area contributed by atoms with E-state index in [0.29, 0.717) is 0 Å². The van der Waals surface area contributed by atoms with Crippen LogP contribution >= 0.6 is 11.3 Å². The largest absolute Gasteiger partial charge is 0.481 e. The van der Waals surface area contributed by atoms with Gasteiger partial charge in [-0.1, -0.05) is 12.8 Å². The van der Waals surface area contributed by atoms with Crippen molar-refractivity contribution in [1.82, 2.24) is 4.98 Å². The average Bonchev–Trinajstić information content (AvgIpc) is 3.05. The van der Waals surface area contributed by atoms with Crippen LogP contribution in [-0.2, 0) is 11.2 Å². The molecule has 2 aliphatic carbocycles. The van der Waals surface area contributed by atoms with Crippen molar-refractivity contribution in [2.45, 2.75) is 50.9 Å². The molecule has 1 aromatic rings. The molecule has 1 fully saturated rings. The zero-order valence-electron chi connectivity index (χ0n) is 12.0. The van der Waals surface area contributed by atoms with Gasteiger partial charge in [-0.2, -0.15) is 0 Å². The first kappa shape index (κ1) is 13.9. The van der Waals surface area contributed by atoms with E-state index in [9.17, 15) is 9.90 Å². The van der Waals surface area contributed by atoms with Gasteiger partial charge in [0.15, 0.2) is 5.13 Å². The molecule has 5 heteroatoms. The van der Waals surface area contributed by atoms with E-state index in [0.717, 1.165) is 42.6 Å². The van der Waals surface area contributed by atoms with E-state index in [2.05, 4.69) is 16.9 Å². The summed E-state index contributed by atoms with van der Waals surface area (Å²) in [6, 6.07) is 0. The molecule has 4 nitrogen and oxygen atoms in total. The summed E-state index contributed by atoms with van der Waals surface area (Å²) in [5.41, 5.74) is 0.835. The summed E-state index contributed by atoms with van der Waals surface area (Å²) in [5.74, 6) is -0.318. The molecule has 1 atom stereocenters. The Balaban J connectivity index is 1.76. The second kappa shape index (κ2) is 5.72. The second-order valence-corrected chi connectivity index (χ2v) is 7.18. The Kier molecular flexibility index (Phi) is 3.96. The summed E-state index contributed by atoms with van der Waals surface area (Å²) in [5, 5.41) is 10.3. The van der Waals surface area contributed by atoms with Gasteiger partial charge in [-0.25, -0.2) is 4.98 Å². The van der Waals surface area contributed by atoms with E-state index in [1.807, 2.05) is 0 Å². The van der Waals surface area contributed by atoms with Crippen LogP contribution in [-0.4, -0.2) is 29.7 Å². The minimum absolute atomic E-state index is 0.386. The molecule has 1 aromatic heterocycles. The predicted molar refractivity (Wildman–Crippen MR) is 80.7 cm³/mol. The van der Waals surface area contributed by atoms with E-state index in [4.69, 9.17) is 0 Å². The molecular weight excluding hydrogens is 272 g/mol. The Labute approximate surface area is 123 Å². The number of aliphatic carboxylic acids is 1. The molecule has 3 rings (SSSR count). The molecule has 0 aromatic carbocycles. The van der Waals surface area contributed by atoms with Crippen molar-refractivity contribution in [3.8, 4) is 0 Å². The topological polar surface area (TPSA) is 53.4 Å². The van der Waals surface area contributed by atoms with Crippen molar-refractivity contribution in [2.24, 2.45) is 5.92 Å². The lowest BCUT2D eigenvalue weighted by atomic mass is 9.91. The zero-order chi connectivity index (χ0) is 14.1. The van der Waals surface area contributed by atoms with Crippen molar-refractivity contribution >= 4 is 22.4 Å². The molecule has 1 unspecified atom stereocenters. The first-order valence-electron chi connectivity index (χ1n) is 7.58. The summed E-state index contributed by atoms with van der Waals surface area (Å²) in [6.45, 7) is 1.06. The molecule has 2 aliphatic rings. The number of nitrogens with zero attached hydrogens (tertiary/aromatic N) is 2. The van der Waals surface area contributed by atoms with Crippen LogP contribution in [0.1, 0.15) is 55.0 Å². The van der Waals surface area contributed by atoms with Crippen LogP contribution in [0.15, 0.2) is 0 Å². The third-order valence-electron chi connectivity index (χ3n) is 4.57.